The fourth-order valence-corrected chi connectivity index (χ4v) is 4.80. The molecule has 3 rings (SSSR count). The molecule has 1 unspecified atom stereocenters. The van der Waals surface area contributed by atoms with E-state index in [0.29, 0.717) is 17.7 Å². The summed E-state index contributed by atoms with van der Waals surface area (Å²) < 4.78 is 5.21. The maximum absolute atomic E-state index is 13.0. The normalized spacial score (nSPS) is 16.0. The van der Waals surface area contributed by atoms with Crippen molar-refractivity contribution in [3.63, 3.8) is 0 Å². The largest absolute Gasteiger partial charge is 0.497 e. The average Bonchev–Trinajstić information content (AvgIpc) is 3.10. The lowest BCUT2D eigenvalue weighted by atomic mass is 9.98. The molecular formula is C19H20O4S. The summed E-state index contributed by atoms with van der Waals surface area (Å²) in [5, 5.41) is 8.91. The number of ketones is 1. The summed E-state index contributed by atoms with van der Waals surface area (Å²) in [5.41, 5.74) is 2.56. The van der Waals surface area contributed by atoms with Crippen LogP contribution < -0.4 is 4.74 Å². The molecule has 1 aliphatic rings. The molecule has 1 aromatic carbocycles. The first-order valence-electron chi connectivity index (χ1n) is 8.04. The zero-order valence-electron chi connectivity index (χ0n) is 13.8. The minimum atomic E-state index is -0.760. The maximum Gasteiger partial charge on any atom is 0.303 e. The van der Waals surface area contributed by atoms with Gasteiger partial charge in [-0.2, -0.15) is 0 Å². The van der Waals surface area contributed by atoms with Gasteiger partial charge >= 0.3 is 5.97 Å². The van der Waals surface area contributed by atoms with E-state index in [2.05, 4.69) is 0 Å². The van der Waals surface area contributed by atoms with Crippen molar-refractivity contribution in [3.8, 4) is 5.75 Å². The van der Waals surface area contributed by atoms with Gasteiger partial charge in [0.05, 0.1) is 7.11 Å². The van der Waals surface area contributed by atoms with Gasteiger partial charge in [-0.25, -0.2) is 0 Å². The number of fused-ring (bicyclic) bond motifs is 1. The lowest BCUT2D eigenvalue weighted by molar-refractivity contribution is -0.137. The van der Waals surface area contributed by atoms with Gasteiger partial charge in [0.1, 0.15) is 5.75 Å². The van der Waals surface area contributed by atoms with Crippen LogP contribution in [0.2, 0.25) is 0 Å². The first kappa shape index (κ1) is 16.7. The van der Waals surface area contributed by atoms with E-state index in [1.54, 1.807) is 24.5 Å². The van der Waals surface area contributed by atoms with Crippen molar-refractivity contribution in [1.82, 2.24) is 0 Å². The van der Waals surface area contributed by atoms with E-state index in [4.69, 9.17) is 9.84 Å². The van der Waals surface area contributed by atoms with Gasteiger partial charge in [0.2, 0.25) is 0 Å². The second kappa shape index (κ2) is 6.77. The number of methoxy groups -OCH3 is 1. The Morgan fingerprint density at radius 2 is 2.17 bits per heavy atom. The number of aliphatic carboxylic acids is 1. The highest BCUT2D eigenvalue weighted by Gasteiger charge is 2.31. The van der Waals surface area contributed by atoms with E-state index in [1.165, 1.54) is 4.88 Å². The van der Waals surface area contributed by atoms with Crippen LogP contribution in [0.15, 0.2) is 24.3 Å². The molecule has 0 amide bonds. The summed E-state index contributed by atoms with van der Waals surface area (Å²) >= 11 is 1.65. The predicted octanol–water partition coefficient (Wildman–Crippen LogP) is 4.19. The molecule has 0 saturated heterocycles. The number of thiophene rings is 1. The fourth-order valence-electron chi connectivity index (χ4n) is 3.42. The van der Waals surface area contributed by atoms with Crippen LogP contribution in [0.3, 0.4) is 0 Å². The minimum Gasteiger partial charge on any atom is -0.497 e. The van der Waals surface area contributed by atoms with Crippen molar-refractivity contribution >= 4 is 23.1 Å². The number of carboxylic acids is 1. The van der Waals surface area contributed by atoms with Crippen LogP contribution in [0.5, 0.6) is 5.75 Å². The fraction of sp³-hybridized carbons (Fsp3) is 0.368. The van der Waals surface area contributed by atoms with Gasteiger partial charge in [-0.05, 0) is 49.8 Å². The number of hydrogen-bond donors (Lipinski definition) is 1. The summed E-state index contributed by atoms with van der Waals surface area (Å²) in [6, 6.07) is 7.22. The van der Waals surface area contributed by atoms with Crippen LogP contribution in [-0.4, -0.2) is 24.0 Å². The zero-order chi connectivity index (χ0) is 17.3. The number of hydrogen-bond acceptors (Lipinski definition) is 4. The number of carbonyl (C=O) groups excluding carboxylic acids is 1. The monoisotopic (exact) mass is 344 g/mol. The minimum absolute atomic E-state index is 0.0304. The molecule has 1 aliphatic carbocycles. The summed E-state index contributed by atoms with van der Waals surface area (Å²) in [6.07, 6.45) is 2.62. The van der Waals surface area contributed by atoms with Crippen LogP contribution in [-0.2, 0) is 11.2 Å². The first-order chi connectivity index (χ1) is 11.5. The van der Waals surface area contributed by atoms with E-state index < -0.39 is 5.97 Å². The molecule has 5 heteroatoms. The number of rotatable bonds is 6. The predicted molar refractivity (Wildman–Crippen MR) is 93.4 cm³/mol. The molecule has 1 heterocycles. The second-order valence-electron chi connectivity index (χ2n) is 6.11. The summed E-state index contributed by atoms with van der Waals surface area (Å²) in [7, 11) is 1.59. The highest BCUT2D eigenvalue weighted by Crippen LogP contribution is 2.44. The van der Waals surface area contributed by atoms with Gasteiger partial charge in [0.25, 0.3) is 0 Å². The maximum atomic E-state index is 13.0. The zero-order valence-corrected chi connectivity index (χ0v) is 14.6. The van der Waals surface area contributed by atoms with Gasteiger partial charge in [-0.3, -0.25) is 9.59 Å². The Kier molecular flexibility index (Phi) is 4.71. The van der Waals surface area contributed by atoms with Crippen LogP contribution in [0.1, 0.15) is 56.4 Å². The molecule has 0 fully saturated rings. The number of aryl methyl sites for hydroxylation is 1. The standard InChI is InChI=1S/C19H20O4S/c1-11-17(18(22)13-4-3-5-14(10-13)23-2)15-8-6-12(19(15)24-11)7-9-16(20)21/h3-5,10,12H,6-9H2,1-2H3,(H,20,21). The van der Waals surface area contributed by atoms with Crippen LogP contribution in [0, 0.1) is 6.92 Å². The molecule has 0 radical (unpaired) electrons. The lowest BCUT2D eigenvalue weighted by Crippen LogP contribution is -2.04. The number of ether oxygens (including phenoxy) is 1. The Morgan fingerprint density at radius 1 is 1.38 bits per heavy atom. The number of carboxylic acid groups (broad SMARTS) is 1. The molecule has 0 spiro atoms. The molecule has 0 saturated carbocycles. The molecule has 0 aliphatic heterocycles. The SMILES string of the molecule is COc1cccc(C(=O)c2c(C)sc3c2CCC3CCC(=O)O)c1. The second-order valence-corrected chi connectivity index (χ2v) is 7.36. The third-order valence-electron chi connectivity index (χ3n) is 4.59. The molecular weight excluding hydrogens is 324 g/mol. The van der Waals surface area contributed by atoms with Crippen molar-refractivity contribution in [1.29, 1.82) is 0 Å². The molecule has 2 aromatic rings. The van der Waals surface area contributed by atoms with Crippen molar-refractivity contribution < 1.29 is 19.4 Å². The topological polar surface area (TPSA) is 63.6 Å². The molecule has 1 aromatic heterocycles. The average molecular weight is 344 g/mol. The van der Waals surface area contributed by atoms with Gasteiger partial charge in [-0.15, -0.1) is 11.3 Å². The Labute approximate surface area is 145 Å². The Morgan fingerprint density at radius 3 is 2.88 bits per heavy atom. The molecule has 0 bridgehead atoms. The number of benzene rings is 1. The number of carbonyl (C=O) groups is 2. The Hall–Kier alpha value is -2.14. The van der Waals surface area contributed by atoms with Crippen molar-refractivity contribution in [2.75, 3.05) is 7.11 Å². The van der Waals surface area contributed by atoms with Gasteiger partial charge in [-0.1, -0.05) is 12.1 Å². The smallest absolute Gasteiger partial charge is 0.303 e. The van der Waals surface area contributed by atoms with Crippen LogP contribution in [0.25, 0.3) is 0 Å². The Bertz CT molecular complexity index is 791. The summed E-state index contributed by atoms with van der Waals surface area (Å²) in [4.78, 5) is 26.0. The quantitative estimate of drug-likeness (QED) is 0.798. The summed E-state index contributed by atoms with van der Waals surface area (Å²) in [5.74, 6) is 0.212. The molecule has 1 atom stereocenters. The van der Waals surface area contributed by atoms with E-state index in [-0.39, 0.29) is 18.1 Å². The third-order valence-corrected chi connectivity index (χ3v) is 5.90. The molecule has 1 N–H and O–H groups in total. The van der Waals surface area contributed by atoms with E-state index in [1.807, 2.05) is 25.1 Å². The van der Waals surface area contributed by atoms with E-state index in [9.17, 15) is 9.59 Å². The van der Waals surface area contributed by atoms with Crippen molar-refractivity contribution in [2.45, 2.75) is 38.5 Å². The van der Waals surface area contributed by atoms with Crippen molar-refractivity contribution in [2.24, 2.45) is 0 Å². The molecule has 126 valence electrons. The van der Waals surface area contributed by atoms with Gasteiger partial charge in [0, 0.05) is 27.3 Å². The first-order valence-corrected chi connectivity index (χ1v) is 8.85. The van der Waals surface area contributed by atoms with Crippen LogP contribution >= 0.6 is 11.3 Å². The lowest BCUT2D eigenvalue weighted by Gasteiger charge is -2.06. The van der Waals surface area contributed by atoms with Gasteiger partial charge < -0.3 is 9.84 Å². The molecule has 4 nitrogen and oxygen atoms in total. The van der Waals surface area contributed by atoms with Gasteiger partial charge in [0.15, 0.2) is 5.78 Å². The van der Waals surface area contributed by atoms with Crippen molar-refractivity contribution in [3.05, 3.63) is 50.7 Å². The van der Waals surface area contributed by atoms with E-state index in [0.717, 1.165) is 28.8 Å². The van der Waals surface area contributed by atoms with E-state index >= 15 is 0 Å². The highest BCUT2D eigenvalue weighted by atomic mass is 32.1. The third kappa shape index (κ3) is 3.08. The summed E-state index contributed by atoms with van der Waals surface area (Å²) in [6.45, 7) is 1.98. The highest BCUT2D eigenvalue weighted by molar-refractivity contribution is 7.12. The van der Waals surface area contributed by atoms with Crippen LogP contribution in [0.4, 0.5) is 0 Å². The Balaban J connectivity index is 1.91. The molecule has 24 heavy (non-hydrogen) atoms.